The highest BCUT2D eigenvalue weighted by Crippen LogP contribution is 2.35. The lowest BCUT2D eigenvalue weighted by Gasteiger charge is -2.28. The minimum Gasteiger partial charge on any atom is -0.390 e. The Morgan fingerprint density at radius 1 is 1.32 bits per heavy atom. The number of allylic oxidation sites excluding steroid dienone is 3. The Bertz CT molecular complexity index is 1220. The summed E-state index contributed by atoms with van der Waals surface area (Å²) in [6, 6.07) is 3.48. The number of benzene rings is 1. The summed E-state index contributed by atoms with van der Waals surface area (Å²) in [6.07, 6.45) is 2.27. The van der Waals surface area contributed by atoms with Crippen LogP contribution in [0.3, 0.4) is 0 Å². The number of alkyl halides is 2. The van der Waals surface area contributed by atoms with E-state index < -0.39 is 36.2 Å². The fraction of sp³-hybridized carbons (Fsp3) is 0.423. The fourth-order valence-electron chi connectivity index (χ4n) is 4.73. The number of nitrogen functional groups attached to an aromatic ring is 1. The molecule has 0 spiro atoms. The highest BCUT2D eigenvalue weighted by molar-refractivity contribution is 9.11. The number of carbonyl (C=O) groups is 1. The highest BCUT2D eigenvalue weighted by Gasteiger charge is 2.31. The van der Waals surface area contributed by atoms with Gasteiger partial charge in [-0.2, -0.15) is 0 Å². The van der Waals surface area contributed by atoms with Crippen LogP contribution < -0.4 is 16.4 Å². The predicted octanol–water partition coefficient (Wildman–Crippen LogP) is 4.10. The smallest absolute Gasteiger partial charge is 0.254 e. The molecule has 1 heterocycles. The van der Waals surface area contributed by atoms with Gasteiger partial charge in [0, 0.05) is 28.9 Å². The molecule has 0 aliphatic heterocycles. The molecule has 1 aromatic carbocycles. The maximum Gasteiger partial charge on any atom is 0.254 e. The SMILES string of the molecule is CNCC(NC(=O)c1ccc(-c2nc([C@H]3CC[C@H](O)[C@@H](F)C3)cnc2N)cc1F)C1=CC(Br)=CC(F)C1. The second kappa shape index (κ2) is 11.7. The summed E-state index contributed by atoms with van der Waals surface area (Å²) >= 11 is 3.28. The van der Waals surface area contributed by atoms with Crippen molar-refractivity contribution in [1.29, 1.82) is 0 Å². The summed E-state index contributed by atoms with van der Waals surface area (Å²) < 4.78 is 43.8. The number of rotatable bonds is 7. The molecule has 0 bridgehead atoms. The Morgan fingerprint density at radius 2 is 2.11 bits per heavy atom. The van der Waals surface area contributed by atoms with Gasteiger partial charge in [-0.25, -0.2) is 23.1 Å². The van der Waals surface area contributed by atoms with Gasteiger partial charge in [0.05, 0.1) is 29.6 Å². The maximum absolute atomic E-state index is 15.1. The Balaban J connectivity index is 1.54. The molecule has 1 saturated carbocycles. The van der Waals surface area contributed by atoms with Crippen molar-refractivity contribution in [2.75, 3.05) is 19.3 Å². The van der Waals surface area contributed by atoms with Crippen molar-refractivity contribution in [3.8, 4) is 11.3 Å². The summed E-state index contributed by atoms with van der Waals surface area (Å²) in [5.41, 5.74) is 7.57. The third-order valence-electron chi connectivity index (χ3n) is 6.72. The number of nitrogens with two attached hydrogens (primary N) is 1. The first-order chi connectivity index (χ1) is 17.7. The van der Waals surface area contributed by atoms with E-state index in [9.17, 15) is 18.7 Å². The van der Waals surface area contributed by atoms with E-state index >= 15 is 4.39 Å². The first-order valence-electron chi connectivity index (χ1n) is 12.1. The van der Waals surface area contributed by atoms with Gasteiger partial charge >= 0.3 is 0 Å². The zero-order valence-electron chi connectivity index (χ0n) is 20.2. The van der Waals surface area contributed by atoms with Crippen LogP contribution in [0.15, 0.2) is 46.6 Å². The van der Waals surface area contributed by atoms with Crippen LogP contribution in [-0.2, 0) is 0 Å². The van der Waals surface area contributed by atoms with Crippen molar-refractivity contribution >= 4 is 27.7 Å². The Morgan fingerprint density at radius 3 is 2.78 bits per heavy atom. The Labute approximate surface area is 221 Å². The number of amides is 1. The van der Waals surface area contributed by atoms with Gasteiger partial charge in [-0.3, -0.25) is 4.79 Å². The van der Waals surface area contributed by atoms with Crippen LogP contribution in [0.25, 0.3) is 11.3 Å². The second-order valence-electron chi connectivity index (χ2n) is 9.39. The quantitative estimate of drug-likeness (QED) is 0.393. The lowest BCUT2D eigenvalue weighted by molar-refractivity contribution is 0.0363. The number of aromatic nitrogens is 2. The van der Waals surface area contributed by atoms with Crippen LogP contribution in [0, 0.1) is 5.82 Å². The molecule has 11 heteroatoms. The molecular formula is C26H29BrF3N5O2. The third-order valence-corrected chi connectivity index (χ3v) is 7.21. The molecule has 1 fully saturated rings. The summed E-state index contributed by atoms with van der Waals surface area (Å²) in [7, 11) is 1.71. The summed E-state index contributed by atoms with van der Waals surface area (Å²) in [6.45, 7) is 0.334. The van der Waals surface area contributed by atoms with Crippen molar-refractivity contribution in [2.45, 2.75) is 56.1 Å². The molecule has 7 nitrogen and oxygen atoms in total. The number of nitrogens with zero attached hydrogens (tertiary/aromatic N) is 2. The minimum absolute atomic E-state index is 0.0747. The van der Waals surface area contributed by atoms with Gasteiger partial charge < -0.3 is 21.5 Å². The van der Waals surface area contributed by atoms with Crippen LogP contribution in [0.2, 0.25) is 0 Å². The molecule has 2 unspecified atom stereocenters. The third kappa shape index (κ3) is 6.39. The first kappa shape index (κ1) is 27.3. The lowest BCUT2D eigenvalue weighted by Crippen LogP contribution is -2.43. The molecule has 1 amide bonds. The molecule has 2 aromatic rings. The van der Waals surface area contributed by atoms with E-state index in [1.807, 2.05) is 0 Å². The Kier molecular flexibility index (Phi) is 8.66. The monoisotopic (exact) mass is 579 g/mol. The van der Waals surface area contributed by atoms with Gasteiger partial charge in [-0.15, -0.1) is 0 Å². The van der Waals surface area contributed by atoms with E-state index in [2.05, 4.69) is 36.5 Å². The van der Waals surface area contributed by atoms with Gasteiger partial charge in [0.2, 0.25) is 0 Å². The van der Waals surface area contributed by atoms with Gasteiger partial charge in [0.15, 0.2) is 0 Å². The summed E-state index contributed by atoms with van der Waals surface area (Å²) in [5.74, 6) is -1.59. The highest BCUT2D eigenvalue weighted by atomic mass is 79.9. The van der Waals surface area contributed by atoms with E-state index in [0.717, 1.165) is 6.07 Å². The molecule has 0 saturated heterocycles. The molecule has 5 atom stereocenters. The van der Waals surface area contributed by atoms with Gasteiger partial charge in [0.25, 0.3) is 5.91 Å². The molecule has 2 aliphatic carbocycles. The molecule has 1 aromatic heterocycles. The van der Waals surface area contributed by atoms with Crippen molar-refractivity contribution in [1.82, 2.24) is 20.6 Å². The van der Waals surface area contributed by atoms with E-state index in [1.54, 1.807) is 13.1 Å². The molecule has 0 radical (unpaired) electrons. The predicted molar refractivity (Wildman–Crippen MR) is 139 cm³/mol. The number of halogens is 4. The normalized spacial score (nSPS) is 24.7. The van der Waals surface area contributed by atoms with Crippen LogP contribution in [-0.4, -0.2) is 59.1 Å². The number of carbonyl (C=O) groups excluding carboxylic acids is 1. The number of anilines is 1. The average molecular weight is 580 g/mol. The van der Waals surface area contributed by atoms with Crippen molar-refractivity contribution in [2.24, 2.45) is 0 Å². The van der Waals surface area contributed by atoms with Crippen molar-refractivity contribution < 1.29 is 23.1 Å². The molecular weight excluding hydrogens is 551 g/mol. The zero-order chi connectivity index (χ0) is 26.7. The number of likely N-dealkylation sites (N-methyl/N-ethyl adjacent to an activating group) is 1. The zero-order valence-corrected chi connectivity index (χ0v) is 21.8. The lowest BCUT2D eigenvalue weighted by atomic mass is 9.84. The standard InChI is InChI=1S/C26H29BrF3N5O2/c1-32-11-21(15-6-16(27)10-17(28)7-15)35-26(37)18-4-2-14(9-19(18)29)24-25(31)33-12-22(34-24)13-3-5-23(36)20(30)8-13/h2,4,6,9-10,12-13,17,20-21,23,32,36H,3,5,7-8,11H2,1H3,(H2,31,33)(H,35,37)/t13-,17?,20-,21?,23-/m0/s1. The van der Waals surface area contributed by atoms with Crippen molar-refractivity contribution in [3.63, 3.8) is 0 Å². The van der Waals surface area contributed by atoms with E-state index in [-0.39, 0.29) is 35.8 Å². The van der Waals surface area contributed by atoms with Crippen molar-refractivity contribution in [3.05, 3.63) is 63.7 Å². The number of hydrogen-bond donors (Lipinski definition) is 4. The van der Waals surface area contributed by atoms with Crippen LogP contribution in [0.5, 0.6) is 0 Å². The topological polar surface area (TPSA) is 113 Å². The van der Waals surface area contributed by atoms with Crippen LogP contribution in [0.1, 0.15) is 47.7 Å². The van der Waals surface area contributed by atoms with Gasteiger partial charge in [-0.1, -0.05) is 22.0 Å². The summed E-state index contributed by atoms with van der Waals surface area (Å²) in [5, 5.41) is 15.4. The van der Waals surface area contributed by atoms with Gasteiger partial charge in [0.1, 0.15) is 29.7 Å². The van der Waals surface area contributed by atoms with Crippen LogP contribution >= 0.6 is 15.9 Å². The van der Waals surface area contributed by atoms with Gasteiger partial charge in [-0.05, 0) is 56.2 Å². The van der Waals surface area contributed by atoms with E-state index in [0.29, 0.717) is 40.7 Å². The number of aliphatic hydroxyl groups is 1. The second-order valence-corrected chi connectivity index (χ2v) is 10.3. The number of aliphatic hydroxyl groups excluding tert-OH is 1. The maximum atomic E-state index is 15.1. The van der Waals surface area contributed by atoms with E-state index in [4.69, 9.17) is 5.73 Å². The molecule has 2 aliphatic rings. The van der Waals surface area contributed by atoms with E-state index in [1.165, 1.54) is 24.4 Å². The summed E-state index contributed by atoms with van der Waals surface area (Å²) in [4.78, 5) is 21.6. The molecule has 198 valence electrons. The molecule has 4 rings (SSSR count). The first-order valence-corrected chi connectivity index (χ1v) is 12.9. The number of nitrogens with one attached hydrogen (secondary N) is 2. The minimum atomic E-state index is -1.35. The Hall–Kier alpha value is -2.76. The largest absolute Gasteiger partial charge is 0.390 e. The average Bonchev–Trinajstić information content (AvgIpc) is 2.85. The number of hydrogen-bond acceptors (Lipinski definition) is 6. The molecule has 5 N–H and O–H groups in total. The van der Waals surface area contributed by atoms with Crippen LogP contribution in [0.4, 0.5) is 19.0 Å². The fourth-order valence-corrected chi connectivity index (χ4v) is 5.32. The molecule has 37 heavy (non-hydrogen) atoms.